The second-order valence-corrected chi connectivity index (χ2v) is 4.51. The molecule has 0 heterocycles. The molecule has 0 amide bonds. The largest absolute Gasteiger partial charge is 0.409 e. The second kappa shape index (κ2) is 9.32. The molecule has 0 aliphatic rings. The quantitative estimate of drug-likeness (QED) is 0.199. The van der Waals surface area contributed by atoms with Gasteiger partial charge < -0.3 is 9.47 Å². The van der Waals surface area contributed by atoms with E-state index in [1.54, 1.807) is 13.8 Å². The van der Waals surface area contributed by atoms with Gasteiger partial charge in [0.05, 0.1) is 13.2 Å². The first kappa shape index (κ1) is 16.3. The number of rotatable bonds is 10. The van der Waals surface area contributed by atoms with E-state index in [1.807, 2.05) is 0 Å². The van der Waals surface area contributed by atoms with Gasteiger partial charge in [-0.1, -0.05) is 11.6 Å². The van der Waals surface area contributed by atoms with Crippen LogP contribution in [0, 0.1) is 0 Å². The van der Waals surface area contributed by atoms with Crippen LogP contribution in [0.5, 0.6) is 0 Å². The molecule has 9 heteroatoms. The lowest BCUT2D eigenvalue weighted by molar-refractivity contribution is -0.266. The van der Waals surface area contributed by atoms with Crippen molar-refractivity contribution in [3.05, 3.63) is 0 Å². The summed E-state index contributed by atoms with van der Waals surface area (Å²) in [4.78, 5) is 9.06. The Hall–Kier alpha value is 0.280. The standard InChI is InChI=1S/C7H16ClO7P/c1-4-12-14-16(9,15-13-5-2)6-11-7(8)10-3/h7H,4-6H2,1-3H3. The Morgan fingerprint density at radius 1 is 1.19 bits per heavy atom. The highest BCUT2D eigenvalue weighted by Crippen LogP contribution is 2.48. The molecule has 1 unspecified atom stereocenters. The minimum absolute atomic E-state index is 0.202. The van der Waals surface area contributed by atoms with E-state index in [1.165, 1.54) is 7.11 Å². The van der Waals surface area contributed by atoms with Crippen molar-refractivity contribution in [3.63, 3.8) is 0 Å². The molecule has 0 saturated heterocycles. The van der Waals surface area contributed by atoms with Crippen molar-refractivity contribution in [2.45, 2.75) is 19.6 Å². The van der Waals surface area contributed by atoms with Crippen LogP contribution in [0.3, 0.4) is 0 Å². The van der Waals surface area contributed by atoms with E-state index < -0.39 is 19.7 Å². The van der Waals surface area contributed by atoms with Crippen molar-refractivity contribution in [2.75, 3.05) is 26.7 Å². The molecule has 16 heavy (non-hydrogen) atoms. The van der Waals surface area contributed by atoms with Gasteiger partial charge in [0.15, 0.2) is 6.35 Å². The number of hydrogen-bond acceptors (Lipinski definition) is 7. The molecular formula is C7H16ClO7P. The van der Waals surface area contributed by atoms with Crippen molar-refractivity contribution >= 4 is 19.2 Å². The van der Waals surface area contributed by atoms with Crippen LogP contribution in [-0.2, 0) is 33.2 Å². The maximum absolute atomic E-state index is 11.8. The monoisotopic (exact) mass is 278 g/mol. The molecule has 98 valence electrons. The number of hydrogen-bond donors (Lipinski definition) is 0. The smallest absolute Gasteiger partial charge is 0.343 e. The minimum Gasteiger partial charge on any atom is -0.343 e. The molecule has 0 N–H and O–H groups in total. The number of methoxy groups -OCH3 is 1. The van der Waals surface area contributed by atoms with Gasteiger partial charge in [-0.15, -0.1) is 9.35 Å². The van der Waals surface area contributed by atoms with Gasteiger partial charge >= 0.3 is 7.60 Å². The first-order valence-corrected chi connectivity index (χ1v) is 6.74. The maximum atomic E-state index is 11.8. The summed E-state index contributed by atoms with van der Waals surface area (Å²) in [5, 5.41) is 0. The van der Waals surface area contributed by atoms with E-state index in [9.17, 15) is 4.57 Å². The van der Waals surface area contributed by atoms with Crippen LogP contribution in [0.4, 0.5) is 0 Å². The summed E-state index contributed by atoms with van der Waals surface area (Å²) >= 11 is 5.48. The Morgan fingerprint density at radius 3 is 2.06 bits per heavy atom. The zero-order valence-corrected chi connectivity index (χ0v) is 11.0. The third-order valence-electron chi connectivity index (χ3n) is 1.12. The van der Waals surface area contributed by atoms with Gasteiger partial charge in [-0.05, 0) is 13.8 Å². The zero-order valence-electron chi connectivity index (χ0n) is 9.38. The third kappa shape index (κ3) is 7.54. The van der Waals surface area contributed by atoms with Crippen LogP contribution in [0.15, 0.2) is 0 Å². The molecule has 1 atom stereocenters. The van der Waals surface area contributed by atoms with Crippen LogP contribution >= 0.6 is 19.2 Å². The lowest BCUT2D eigenvalue weighted by atomic mass is 10.9. The summed E-state index contributed by atoms with van der Waals surface area (Å²) < 4.78 is 30.3. The first-order valence-electron chi connectivity index (χ1n) is 4.58. The fourth-order valence-corrected chi connectivity index (χ4v) is 1.65. The van der Waals surface area contributed by atoms with E-state index in [-0.39, 0.29) is 13.2 Å². The fourth-order valence-electron chi connectivity index (χ4n) is 0.539. The van der Waals surface area contributed by atoms with Crippen molar-refractivity contribution in [2.24, 2.45) is 0 Å². The molecule has 0 saturated carbocycles. The molecule has 0 aromatic carbocycles. The van der Waals surface area contributed by atoms with Gasteiger partial charge in [-0.2, -0.15) is 0 Å². The van der Waals surface area contributed by atoms with E-state index in [0.29, 0.717) is 0 Å². The fraction of sp³-hybridized carbons (Fsp3) is 1.00. The van der Waals surface area contributed by atoms with Crippen molar-refractivity contribution in [1.29, 1.82) is 0 Å². The van der Waals surface area contributed by atoms with Gasteiger partial charge in [0.2, 0.25) is 5.75 Å². The maximum Gasteiger partial charge on any atom is 0.409 e. The molecule has 0 aliphatic heterocycles. The van der Waals surface area contributed by atoms with Crippen LogP contribution in [0.25, 0.3) is 0 Å². The zero-order chi connectivity index (χ0) is 12.4. The average molecular weight is 279 g/mol. The Bertz CT molecular complexity index is 203. The summed E-state index contributed by atoms with van der Waals surface area (Å²) in [5.41, 5.74) is 0. The molecule has 0 aliphatic carbocycles. The first-order chi connectivity index (χ1) is 7.58. The Kier molecular flexibility index (Phi) is 9.49. The van der Waals surface area contributed by atoms with Gasteiger partial charge in [0.1, 0.15) is 0 Å². The van der Waals surface area contributed by atoms with Crippen molar-refractivity contribution in [3.8, 4) is 0 Å². The van der Waals surface area contributed by atoms with Crippen molar-refractivity contribution in [1.82, 2.24) is 0 Å². The van der Waals surface area contributed by atoms with Gasteiger partial charge in [-0.25, -0.2) is 9.78 Å². The molecule has 0 aromatic heterocycles. The topological polar surface area (TPSA) is 72.5 Å². The molecule has 0 radical (unpaired) electrons. The summed E-state index contributed by atoms with van der Waals surface area (Å²) in [6.07, 6.45) is -0.449. The van der Waals surface area contributed by atoms with Crippen LogP contribution in [0.2, 0.25) is 0 Å². The minimum atomic E-state index is -3.65. The van der Waals surface area contributed by atoms with Crippen LogP contribution < -0.4 is 0 Å². The summed E-state index contributed by atoms with van der Waals surface area (Å²) in [6.45, 7) is 3.72. The molecule has 0 fully saturated rings. The Balaban J connectivity index is 4.12. The molecular weight excluding hydrogens is 262 g/mol. The highest BCUT2D eigenvalue weighted by molar-refractivity contribution is 7.53. The van der Waals surface area contributed by atoms with E-state index in [2.05, 4.69) is 23.9 Å². The summed E-state index contributed by atoms with van der Waals surface area (Å²) in [6, 6.07) is 0. The Morgan fingerprint density at radius 2 is 1.69 bits per heavy atom. The number of alkyl halides is 1. The van der Waals surface area contributed by atoms with E-state index >= 15 is 0 Å². The highest BCUT2D eigenvalue weighted by Gasteiger charge is 2.29. The van der Waals surface area contributed by atoms with Crippen molar-refractivity contribution < 1.29 is 33.2 Å². The molecule has 0 bridgehead atoms. The number of halogens is 1. The molecule has 0 spiro atoms. The highest BCUT2D eigenvalue weighted by atomic mass is 35.5. The molecule has 0 aromatic rings. The second-order valence-electron chi connectivity index (χ2n) is 2.38. The number of ether oxygens (including phenoxy) is 2. The predicted molar refractivity (Wildman–Crippen MR) is 55.6 cm³/mol. The van der Waals surface area contributed by atoms with E-state index in [4.69, 9.17) is 16.3 Å². The third-order valence-corrected chi connectivity index (χ3v) is 2.55. The SMILES string of the molecule is CCOOP(=O)(COC(Cl)OC)OOCC. The summed E-state index contributed by atoms with van der Waals surface area (Å²) in [5.74, 6) is -1.05. The Labute approximate surface area is 99.2 Å². The average Bonchev–Trinajstić information content (AvgIpc) is 2.31. The summed E-state index contributed by atoms with van der Waals surface area (Å²) in [7, 11) is -2.32. The molecule has 7 nitrogen and oxygen atoms in total. The van der Waals surface area contributed by atoms with Gasteiger partial charge in [-0.3, -0.25) is 4.57 Å². The lowest BCUT2D eigenvalue weighted by Crippen LogP contribution is -2.11. The van der Waals surface area contributed by atoms with Crippen LogP contribution in [0.1, 0.15) is 13.8 Å². The van der Waals surface area contributed by atoms with Gasteiger partial charge in [0.25, 0.3) is 0 Å². The normalized spacial score (nSPS) is 14.0. The predicted octanol–water partition coefficient (Wildman–Crippen LogP) is 2.26. The van der Waals surface area contributed by atoms with Crippen LogP contribution in [-0.4, -0.2) is 32.4 Å². The molecule has 0 rings (SSSR count). The van der Waals surface area contributed by atoms with E-state index in [0.717, 1.165) is 0 Å². The lowest BCUT2D eigenvalue weighted by Gasteiger charge is -2.16. The van der Waals surface area contributed by atoms with Gasteiger partial charge in [0, 0.05) is 7.11 Å².